The van der Waals surface area contributed by atoms with Gasteiger partial charge in [-0.25, -0.2) is 0 Å². The number of piperidine rings is 1. The molecule has 3 aliphatic rings. The number of β-amino-alcohol motifs (C(OH)–C–C–N with tert-alkyl or cyclic N) is 1. The smallest absolute Gasteiger partial charge is 0.251 e. The molecule has 0 radical (unpaired) electrons. The second kappa shape index (κ2) is 8.73. The second-order valence-corrected chi connectivity index (χ2v) is 9.25. The van der Waals surface area contributed by atoms with E-state index >= 15 is 0 Å². The number of benzene rings is 1. The van der Waals surface area contributed by atoms with Crippen LogP contribution in [0.4, 0.5) is 0 Å². The Balaban J connectivity index is 1.34. The van der Waals surface area contributed by atoms with Gasteiger partial charge in [-0.15, -0.1) is 0 Å². The van der Waals surface area contributed by atoms with E-state index in [9.17, 15) is 14.7 Å². The van der Waals surface area contributed by atoms with Crippen LogP contribution < -0.4 is 10.9 Å². The third-order valence-electron chi connectivity index (χ3n) is 6.96. The van der Waals surface area contributed by atoms with Crippen LogP contribution in [0.25, 0.3) is 10.9 Å². The molecule has 2 N–H and O–H groups in total. The molecule has 1 aromatic heterocycles. The van der Waals surface area contributed by atoms with Crippen LogP contribution in [0.5, 0.6) is 0 Å². The second-order valence-electron chi connectivity index (χ2n) is 9.25. The predicted molar refractivity (Wildman–Crippen MR) is 118 cm³/mol. The molecule has 1 amide bonds. The lowest BCUT2D eigenvalue weighted by Crippen LogP contribution is -2.53. The number of nitrogens with one attached hydrogen (secondary N) is 1. The van der Waals surface area contributed by atoms with Gasteiger partial charge >= 0.3 is 0 Å². The third kappa shape index (κ3) is 4.27. The largest absolute Gasteiger partial charge is 0.392 e. The quantitative estimate of drug-likeness (QED) is 0.774. The zero-order valence-corrected chi connectivity index (χ0v) is 17.9. The maximum absolute atomic E-state index is 12.8. The van der Waals surface area contributed by atoms with E-state index in [0.717, 1.165) is 48.7 Å². The lowest BCUT2D eigenvalue weighted by molar-refractivity contribution is -0.129. The Morgan fingerprint density at radius 2 is 2.06 bits per heavy atom. The van der Waals surface area contributed by atoms with E-state index in [1.165, 1.54) is 5.56 Å². The topological polar surface area (TPSA) is 83.8 Å². The van der Waals surface area contributed by atoms with Gasteiger partial charge in [0, 0.05) is 62.8 Å². The van der Waals surface area contributed by atoms with Crippen LogP contribution in [-0.2, 0) is 29.0 Å². The van der Waals surface area contributed by atoms with Crippen molar-refractivity contribution >= 4 is 16.8 Å². The average molecular weight is 426 g/mol. The van der Waals surface area contributed by atoms with Crippen LogP contribution in [0, 0.1) is 5.92 Å². The minimum Gasteiger partial charge on any atom is -0.392 e. The van der Waals surface area contributed by atoms with Crippen molar-refractivity contribution in [2.75, 3.05) is 26.3 Å². The number of pyridine rings is 1. The molecular formula is C24H31N3O4. The van der Waals surface area contributed by atoms with Gasteiger partial charge in [-0.2, -0.15) is 0 Å². The third-order valence-corrected chi connectivity index (χ3v) is 6.96. The maximum Gasteiger partial charge on any atom is 0.251 e. The zero-order chi connectivity index (χ0) is 21.4. The highest BCUT2D eigenvalue weighted by molar-refractivity contribution is 5.86. The van der Waals surface area contributed by atoms with Crippen molar-refractivity contribution in [1.29, 1.82) is 0 Å². The first-order chi connectivity index (χ1) is 15.1. The summed E-state index contributed by atoms with van der Waals surface area (Å²) in [5.41, 5.74) is 3.36. The number of amides is 1. The van der Waals surface area contributed by atoms with Crippen molar-refractivity contribution in [3.8, 4) is 0 Å². The molecule has 2 aromatic rings. The molecule has 2 atom stereocenters. The number of ether oxygens (including phenoxy) is 1. The van der Waals surface area contributed by atoms with Crippen LogP contribution in [0.15, 0.2) is 29.1 Å². The van der Waals surface area contributed by atoms with Crippen LogP contribution in [0.1, 0.15) is 36.8 Å². The van der Waals surface area contributed by atoms with Gasteiger partial charge < -0.3 is 19.7 Å². The summed E-state index contributed by atoms with van der Waals surface area (Å²) in [5, 5.41) is 14.8. The Kier molecular flexibility index (Phi) is 5.82. The molecule has 3 aliphatic heterocycles. The summed E-state index contributed by atoms with van der Waals surface area (Å²) in [5.74, 6) is 0.0731. The average Bonchev–Trinajstić information content (AvgIpc) is 2.77. The van der Waals surface area contributed by atoms with Gasteiger partial charge in [-0.3, -0.25) is 14.5 Å². The molecule has 0 aliphatic carbocycles. The van der Waals surface area contributed by atoms with Gasteiger partial charge in [-0.05, 0) is 43.2 Å². The number of hydrogen-bond donors (Lipinski definition) is 2. The number of aliphatic hydroxyl groups excluding tert-OH is 1. The highest BCUT2D eigenvalue weighted by atomic mass is 16.5. The predicted octanol–water partition coefficient (Wildman–Crippen LogP) is 1.43. The van der Waals surface area contributed by atoms with Crippen LogP contribution in [-0.4, -0.2) is 58.9 Å². The summed E-state index contributed by atoms with van der Waals surface area (Å²) < 4.78 is 7.26. The zero-order valence-electron chi connectivity index (χ0n) is 17.9. The molecule has 7 heteroatoms. The minimum atomic E-state index is -0.491. The van der Waals surface area contributed by atoms with Crippen molar-refractivity contribution in [3.63, 3.8) is 0 Å². The summed E-state index contributed by atoms with van der Waals surface area (Å²) in [6, 6.07) is 7.96. The standard InChI is InChI=1S/C24H31N3O4/c28-20-12-19(25-24(30)17-6-9-31-10-7-17)14-26(15-20)13-18-11-22(29)27-8-2-4-16-3-1-5-21(18)23(16)27/h1,3,5,11,17,19-20,28H,2,4,6-10,12-15H2,(H,25,30)/t19-,20+/m0/s1. The summed E-state index contributed by atoms with van der Waals surface area (Å²) in [6.07, 6.45) is 3.60. The van der Waals surface area contributed by atoms with E-state index in [1.54, 1.807) is 6.07 Å². The molecule has 4 heterocycles. The number of aryl methyl sites for hydroxylation is 2. The first kappa shape index (κ1) is 20.7. The van der Waals surface area contributed by atoms with Crippen LogP contribution >= 0.6 is 0 Å². The number of aromatic nitrogens is 1. The monoisotopic (exact) mass is 425 g/mol. The van der Waals surface area contributed by atoms with E-state index in [1.807, 2.05) is 4.57 Å². The molecular weight excluding hydrogens is 394 g/mol. The highest BCUT2D eigenvalue weighted by Crippen LogP contribution is 2.27. The Bertz CT molecular complexity index is 1030. The van der Waals surface area contributed by atoms with Crippen molar-refractivity contribution in [3.05, 3.63) is 45.7 Å². The Morgan fingerprint density at radius 1 is 1.23 bits per heavy atom. The van der Waals surface area contributed by atoms with Gasteiger partial charge in [-0.1, -0.05) is 18.2 Å². The molecule has 0 saturated carbocycles. The Hall–Kier alpha value is -2.22. The molecule has 7 nitrogen and oxygen atoms in total. The van der Waals surface area contributed by atoms with Crippen molar-refractivity contribution < 1.29 is 14.6 Å². The lowest BCUT2D eigenvalue weighted by Gasteiger charge is -2.37. The summed E-state index contributed by atoms with van der Waals surface area (Å²) >= 11 is 0. The van der Waals surface area contributed by atoms with Crippen molar-refractivity contribution in [1.82, 2.24) is 14.8 Å². The molecule has 31 heavy (non-hydrogen) atoms. The Labute approximate surface area is 182 Å². The SMILES string of the molecule is O=C(N[C@H]1C[C@@H](O)CN(Cc2cc(=O)n3c4c(cccc24)CCC3)C1)C1CCOCC1. The number of rotatable bonds is 4. The van der Waals surface area contributed by atoms with Gasteiger partial charge in [0.15, 0.2) is 0 Å². The number of aliphatic hydroxyl groups is 1. The number of nitrogens with zero attached hydrogens (tertiary/aromatic N) is 2. The minimum absolute atomic E-state index is 0.00164. The number of hydrogen-bond acceptors (Lipinski definition) is 5. The van der Waals surface area contributed by atoms with E-state index in [-0.39, 0.29) is 23.4 Å². The fraction of sp³-hybridized carbons (Fsp3) is 0.583. The highest BCUT2D eigenvalue weighted by Gasteiger charge is 2.30. The normalized spacial score (nSPS) is 24.9. The fourth-order valence-corrected chi connectivity index (χ4v) is 5.48. The van der Waals surface area contributed by atoms with Crippen molar-refractivity contribution in [2.24, 2.45) is 5.92 Å². The molecule has 2 fully saturated rings. The van der Waals surface area contributed by atoms with E-state index in [0.29, 0.717) is 39.3 Å². The van der Waals surface area contributed by atoms with Gasteiger partial charge in [0.05, 0.1) is 11.6 Å². The van der Waals surface area contributed by atoms with Gasteiger partial charge in [0.2, 0.25) is 5.91 Å². The number of para-hydroxylation sites is 1. The summed E-state index contributed by atoms with van der Waals surface area (Å²) in [4.78, 5) is 27.6. The number of carbonyl (C=O) groups excluding carboxylic acids is 1. The summed E-state index contributed by atoms with van der Waals surface area (Å²) in [6.45, 7) is 3.87. The first-order valence-corrected chi connectivity index (χ1v) is 11.5. The molecule has 1 aromatic carbocycles. The van der Waals surface area contributed by atoms with Crippen LogP contribution in [0.2, 0.25) is 0 Å². The number of likely N-dealkylation sites (tertiary alicyclic amines) is 1. The van der Waals surface area contributed by atoms with Crippen LogP contribution in [0.3, 0.4) is 0 Å². The summed E-state index contributed by atoms with van der Waals surface area (Å²) in [7, 11) is 0. The lowest BCUT2D eigenvalue weighted by atomic mass is 9.96. The molecule has 0 bridgehead atoms. The first-order valence-electron chi connectivity index (χ1n) is 11.5. The Morgan fingerprint density at radius 3 is 2.90 bits per heavy atom. The fourth-order valence-electron chi connectivity index (χ4n) is 5.48. The van der Waals surface area contributed by atoms with E-state index in [4.69, 9.17) is 4.74 Å². The molecule has 0 spiro atoms. The molecule has 166 valence electrons. The molecule has 5 rings (SSSR count). The van der Waals surface area contributed by atoms with E-state index in [2.05, 4.69) is 28.4 Å². The number of carbonyl (C=O) groups is 1. The van der Waals surface area contributed by atoms with E-state index < -0.39 is 6.10 Å². The van der Waals surface area contributed by atoms with Gasteiger partial charge in [0.25, 0.3) is 5.56 Å². The maximum atomic E-state index is 12.8. The van der Waals surface area contributed by atoms with Gasteiger partial charge in [0.1, 0.15) is 0 Å². The molecule has 0 unspecified atom stereocenters. The molecule has 2 saturated heterocycles. The van der Waals surface area contributed by atoms with Crippen molar-refractivity contribution in [2.45, 2.75) is 57.3 Å².